The van der Waals surface area contributed by atoms with E-state index in [1.54, 1.807) is 31.4 Å². The summed E-state index contributed by atoms with van der Waals surface area (Å²) in [5.41, 5.74) is 1.52. The van der Waals surface area contributed by atoms with Gasteiger partial charge in [0.05, 0.1) is 7.11 Å². The molecular weight excluding hydrogens is 310 g/mol. The molecule has 2 rings (SSSR count). The number of amides is 1. The first-order valence-corrected chi connectivity index (χ1v) is 7.45. The van der Waals surface area contributed by atoms with Crippen LogP contribution in [0.3, 0.4) is 0 Å². The average Bonchev–Trinajstić information content (AvgIpc) is 2.58. The third kappa shape index (κ3) is 5.31. The van der Waals surface area contributed by atoms with E-state index in [0.29, 0.717) is 24.3 Å². The SMILES string of the molecule is COc1ccccc1CCC(=O)Nc1cccc(OCC(=O)O)c1. The Morgan fingerprint density at radius 1 is 1.12 bits per heavy atom. The van der Waals surface area contributed by atoms with Gasteiger partial charge in [-0.25, -0.2) is 4.79 Å². The molecule has 0 spiro atoms. The van der Waals surface area contributed by atoms with E-state index in [9.17, 15) is 9.59 Å². The van der Waals surface area contributed by atoms with Crippen LogP contribution in [0.5, 0.6) is 11.5 Å². The minimum atomic E-state index is -1.05. The van der Waals surface area contributed by atoms with Crippen molar-refractivity contribution in [2.24, 2.45) is 0 Å². The van der Waals surface area contributed by atoms with Crippen molar-refractivity contribution in [3.05, 3.63) is 54.1 Å². The van der Waals surface area contributed by atoms with E-state index in [1.165, 1.54) is 0 Å². The van der Waals surface area contributed by atoms with E-state index >= 15 is 0 Å². The van der Waals surface area contributed by atoms with Gasteiger partial charge in [-0.3, -0.25) is 4.79 Å². The highest BCUT2D eigenvalue weighted by molar-refractivity contribution is 5.91. The van der Waals surface area contributed by atoms with Gasteiger partial charge in [0, 0.05) is 18.2 Å². The fraction of sp³-hybridized carbons (Fsp3) is 0.222. The molecule has 1 amide bonds. The number of aliphatic carboxylic acids is 1. The number of hydrogen-bond acceptors (Lipinski definition) is 4. The van der Waals surface area contributed by atoms with Crippen LogP contribution >= 0.6 is 0 Å². The third-order valence-electron chi connectivity index (χ3n) is 3.29. The van der Waals surface area contributed by atoms with Crippen LogP contribution in [0.4, 0.5) is 5.69 Å². The molecule has 0 fully saturated rings. The molecule has 0 bridgehead atoms. The van der Waals surface area contributed by atoms with Crippen LogP contribution in [0.1, 0.15) is 12.0 Å². The number of hydrogen-bond donors (Lipinski definition) is 2. The van der Waals surface area contributed by atoms with Crippen molar-refractivity contribution in [1.29, 1.82) is 0 Å². The number of aryl methyl sites for hydroxylation is 1. The van der Waals surface area contributed by atoms with Crippen LogP contribution in [-0.2, 0) is 16.0 Å². The molecule has 0 saturated heterocycles. The molecule has 0 aliphatic carbocycles. The zero-order valence-electron chi connectivity index (χ0n) is 13.3. The number of rotatable bonds is 8. The number of carbonyl (C=O) groups is 2. The molecule has 0 aromatic heterocycles. The smallest absolute Gasteiger partial charge is 0.341 e. The van der Waals surface area contributed by atoms with E-state index in [0.717, 1.165) is 11.3 Å². The Hall–Kier alpha value is -3.02. The highest BCUT2D eigenvalue weighted by atomic mass is 16.5. The van der Waals surface area contributed by atoms with E-state index in [-0.39, 0.29) is 5.91 Å². The molecule has 126 valence electrons. The maximum atomic E-state index is 12.1. The number of nitrogens with one attached hydrogen (secondary N) is 1. The Bertz CT molecular complexity index is 714. The minimum absolute atomic E-state index is 0.142. The van der Waals surface area contributed by atoms with Gasteiger partial charge in [-0.15, -0.1) is 0 Å². The molecule has 0 aliphatic heterocycles. The second kappa shape index (κ2) is 8.57. The summed E-state index contributed by atoms with van der Waals surface area (Å²) in [6, 6.07) is 14.2. The van der Waals surface area contributed by atoms with Crippen molar-refractivity contribution in [2.45, 2.75) is 12.8 Å². The number of methoxy groups -OCH3 is 1. The highest BCUT2D eigenvalue weighted by Gasteiger charge is 2.07. The van der Waals surface area contributed by atoms with Crippen molar-refractivity contribution >= 4 is 17.6 Å². The van der Waals surface area contributed by atoms with Crippen molar-refractivity contribution in [1.82, 2.24) is 0 Å². The standard InChI is InChI=1S/C18H19NO5/c1-23-16-8-3-2-5-13(16)9-10-17(20)19-14-6-4-7-15(11-14)24-12-18(21)22/h2-8,11H,9-10,12H2,1H3,(H,19,20)(H,21,22). The number of ether oxygens (including phenoxy) is 2. The van der Waals surface area contributed by atoms with Gasteiger partial charge < -0.3 is 19.9 Å². The molecule has 0 aliphatic rings. The lowest BCUT2D eigenvalue weighted by atomic mass is 10.1. The molecule has 0 radical (unpaired) electrons. The first-order chi connectivity index (χ1) is 11.6. The lowest BCUT2D eigenvalue weighted by Gasteiger charge is -2.09. The normalized spacial score (nSPS) is 10.0. The Morgan fingerprint density at radius 2 is 1.92 bits per heavy atom. The van der Waals surface area contributed by atoms with Gasteiger partial charge in [0.1, 0.15) is 11.5 Å². The van der Waals surface area contributed by atoms with Crippen LogP contribution in [0, 0.1) is 0 Å². The molecule has 6 heteroatoms. The summed E-state index contributed by atoms with van der Waals surface area (Å²) in [6.07, 6.45) is 0.867. The predicted molar refractivity (Wildman–Crippen MR) is 89.5 cm³/mol. The molecule has 2 aromatic carbocycles. The lowest BCUT2D eigenvalue weighted by molar-refractivity contribution is -0.139. The van der Waals surface area contributed by atoms with Crippen molar-refractivity contribution in [3.8, 4) is 11.5 Å². The zero-order valence-corrected chi connectivity index (χ0v) is 13.3. The monoisotopic (exact) mass is 329 g/mol. The quantitative estimate of drug-likeness (QED) is 0.778. The van der Waals surface area contributed by atoms with Gasteiger partial charge in [0.25, 0.3) is 0 Å². The number of carbonyl (C=O) groups excluding carboxylic acids is 1. The third-order valence-corrected chi connectivity index (χ3v) is 3.29. The van der Waals surface area contributed by atoms with Crippen molar-refractivity contribution in [3.63, 3.8) is 0 Å². The molecule has 0 atom stereocenters. The van der Waals surface area contributed by atoms with E-state index in [1.807, 2.05) is 24.3 Å². The summed E-state index contributed by atoms with van der Waals surface area (Å²) in [5, 5.41) is 11.4. The van der Waals surface area contributed by atoms with E-state index < -0.39 is 12.6 Å². The number of para-hydroxylation sites is 1. The summed E-state index contributed by atoms with van der Waals surface area (Å²) in [7, 11) is 1.60. The first kappa shape index (κ1) is 17.3. The number of anilines is 1. The van der Waals surface area contributed by atoms with Gasteiger partial charge in [-0.05, 0) is 30.2 Å². The topological polar surface area (TPSA) is 84.9 Å². The van der Waals surface area contributed by atoms with Gasteiger partial charge in [-0.2, -0.15) is 0 Å². The van der Waals surface area contributed by atoms with Gasteiger partial charge in [0.15, 0.2) is 6.61 Å². The van der Waals surface area contributed by atoms with Gasteiger partial charge in [0.2, 0.25) is 5.91 Å². The molecule has 0 unspecified atom stereocenters. The molecule has 0 saturated carbocycles. The van der Waals surface area contributed by atoms with Crippen molar-refractivity contribution in [2.75, 3.05) is 19.0 Å². The minimum Gasteiger partial charge on any atom is -0.496 e. The average molecular weight is 329 g/mol. The molecule has 2 N–H and O–H groups in total. The molecular formula is C18H19NO5. The predicted octanol–water partition coefficient (Wildman–Crippen LogP) is 2.73. The maximum absolute atomic E-state index is 12.1. The summed E-state index contributed by atoms with van der Waals surface area (Å²) in [6.45, 7) is -0.425. The fourth-order valence-electron chi connectivity index (χ4n) is 2.19. The highest BCUT2D eigenvalue weighted by Crippen LogP contribution is 2.20. The van der Waals surface area contributed by atoms with Crippen molar-refractivity contribution < 1.29 is 24.2 Å². The van der Waals surface area contributed by atoms with Crippen LogP contribution in [-0.4, -0.2) is 30.7 Å². The maximum Gasteiger partial charge on any atom is 0.341 e. The number of carboxylic acids is 1. The Balaban J connectivity index is 1.90. The van der Waals surface area contributed by atoms with E-state index in [4.69, 9.17) is 14.6 Å². The van der Waals surface area contributed by atoms with Crippen LogP contribution < -0.4 is 14.8 Å². The second-order valence-corrected chi connectivity index (χ2v) is 5.07. The second-order valence-electron chi connectivity index (χ2n) is 5.07. The first-order valence-electron chi connectivity index (χ1n) is 7.45. The lowest BCUT2D eigenvalue weighted by Crippen LogP contribution is -2.13. The molecule has 2 aromatic rings. The summed E-state index contributed by atoms with van der Waals surface area (Å²) >= 11 is 0. The van der Waals surface area contributed by atoms with Crippen LogP contribution in [0.15, 0.2) is 48.5 Å². The Labute approximate surface area is 140 Å². The zero-order chi connectivity index (χ0) is 17.4. The summed E-state index contributed by atoms with van der Waals surface area (Å²) < 4.78 is 10.3. The molecule has 24 heavy (non-hydrogen) atoms. The number of carboxylic acid groups (broad SMARTS) is 1. The van der Waals surface area contributed by atoms with E-state index in [2.05, 4.69) is 5.32 Å². The van der Waals surface area contributed by atoms with Crippen LogP contribution in [0.2, 0.25) is 0 Å². The Morgan fingerprint density at radius 3 is 2.67 bits per heavy atom. The van der Waals surface area contributed by atoms with Crippen LogP contribution in [0.25, 0.3) is 0 Å². The summed E-state index contributed by atoms with van der Waals surface area (Å²) in [4.78, 5) is 22.6. The largest absolute Gasteiger partial charge is 0.496 e. The van der Waals surface area contributed by atoms with Gasteiger partial charge >= 0.3 is 5.97 Å². The molecule has 0 heterocycles. The van der Waals surface area contributed by atoms with Gasteiger partial charge in [-0.1, -0.05) is 24.3 Å². The number of benzene rings is 2. The summed E-state index contributed by atoms with van der Waals surface area (Å²) in [5.74, 6) is -0.0492. The fourth-order valence-corrected chi connectivity index (χ4v) is 2.19. The Kier molecular flexibility index (Phi) is 6.19. The molecule has 6 nitrogen and oxygen atoms in total.